The van der Waals surface area contributed by atoms with E-state index in [0.717, 1.165) is 54.8 Å². The Balaban J connectivity index is 1.69. The Hall–Kier alpha value is -2.91. The second-order valence-electron chi connectivity index (χ2n) is 11.4. The van der Waals surface area contributed by atoms with Crippen molar-refractivity contribution in [1.82, 2.24) is 14.8 Å². The van der Waals surface area contributed by atoms with E-state index >= 15 is 0 Å². The number of carbonyl (C=O) groups is 1. The van der Waals surface area contributed by atoms with E-state index in [1.807, 2.05) is 45.9 Å². The van der Waals surface area contributed by atoms with Crippen molar-refractivity contribution < 1.29 is 19.4 Å². The number of fused-ring (bicyclic) bond motifs is 2. The summed E-state index contributed by atoms with van der Waals surface area (Å²) < 4.78 is 11.9. The molecule has 8 nitrogen and oxygen atoms in total. The maximum atomic E-state index is 12.6. The van der Waals surface area contributed by atoms with Crippen LogP contribution in [0.2, 0.25) is 5.02 Å². The first kappa shape index (κ1) is 27.6. The molecule has 0 radical (unpaired) electrons. The maximum absolute atomic E-state index is 12.6. The summed E-state index contributed by atoms with van der Waals surface area (Å²) in [6.07, 6.45) is -1.22. The minimum absolute atomic E-state index is 0.488. The molecule has 2 aliphatic rings. The smallest absolute Gasteiger partial charge is 0.337 e. The molecule has 2 aliphatic heterocycles. The third-order valence-electron chi connectivity index (χ3n) is 7.27. The van der Waals surface area contributed by atoms with Gasteiger partial charge >= 0.3 is 5.97 Å². The standard InChI is InChI=1S/C30H37ClN4O4/c1-18-24(28(29(36)37)39-30(2,3)4)25(21-8-9-23-27(26(21)31)32-10-15-38-23)20-7-6-19(16-22(20)33-18)17-35-13-11-34(5)12-14-35/h6-9,16,28,32H,10-15,17H2,1-5H3,(H,36,37)/t28-/m0/s1. The molecule has 39 heavy (non-hydrogen) atoms. The van der Waals surface area contributed by atoms with Gasteiger partial charge in [-0.2, -0.15) is 0 Å². The van der Waals surface area contributed by atoms with Crippen molar-refractivity contribution in [3.63, 3.8) is 0 Å². The highest BCUT2D eigenvalue weighted by Crippen LogP contribution is 2.46. The quantitative estimate of drug-likeness (QED) is 0.423. The number of aromatic nitrogens is 1. The zero-order valence-electron chi connectivity index (χ0n) is 23.3. The number of aliphatic carboxylic acids is 1. The van der Waals surface area contributed by atoms with Crippen LogP contribution >= 0.6 is 11.6 Å². The second-order valence-corrected chi connectivity index (χ2v) is 11.8. The molecule has 0 bridgehead atoms. The Morgan fingerprint density at radius 2 is 1.95 bits per heavy atom. The van der Waals surface area contributed by atoms with Crippen LogP contribution in [0, 0.1) is 6.92 Å². The molecule has 3 heterocycles. The number of anilines is 1. The predicted octanol–water partition coefficient (Wildman–Crippen LogP) is 5.36. The molecule has 5 rings (SSSR count). The lowest BCUT2D eigenvalue weighted by Crippen LogP contribution is -2.43. The lowest BCUT2D eigenvalue weighted by Gasteiger charge is -2.32. The molecular formula is C30H37ClN4O4. The van der Waals surface area contributed by atoms with Gasteiger partial charge in [-0.3, -0.25) is 9.88 Å². The molecular weight excluding hydrogens is 516 g/mol. The number of likely N-dealkylation sites (N-methyl/N-ethyl adjacent to an activating group) is 1. The van der Waals surface area contributed by atoms with Crippen molar-refractivity contribution in [2.24, 2.45) is 0 Å². The van der Waals surface area contributed by atoms with Crippen LogP contribution in [-0.4, -0.2) is 77.8 Å². The molecule has 0 amide bonds. The number of halogens is 1. The largest absolute Gasteiger partial charge is 0.490 e. The van der Waals surface area contributed by atoms with E-state index in [-0.39, 0.29) is 0 Å². The number of ether oxygens (including phenoxy) is 2. The monoisotopic (exact) mass is 552 g/mol. The van der Waals surface area contributed by atoms with Crippen LogP contribution in [0.25, 0.3) is 22.0 Å². The lowest BCUT2D eigenvalue weighted by molar-refractivity contribution is -0.160. The number of carboxylic acids is 1. The molecule has 1 aromatic heterocycles. The summed E-state index contributed by atoms with van der Waals surface area (Å²) in [5, 5.41) is 15.0. The molecule has 2 aromatic carbocycles. The van der Waals surface area contributed by atoms with E-state index in [1.165, 1.54) is 5.56 Å². The first-order valence-corrected chi connectivity index (χ1v) is 13.8. The lowest BCUT2D eigenvalue weighted by atomic mass is 9.90. The highest BCUT2D eigenvalue weighted by Gasteiger charge is 2.33. The molecule has 208 valence electrons. The Bertz CT molecular complexity index is 1400. The van der Waals surface area contributed by atoms with Crippen molar-refractivity contribution in [1.29, 1.82) is 0 Å². The van der Waals surface area contributed by atoms with Gasteiger partial charge in [-0.05, 0) is 58.5 Å². The topological polar surface area (TPSA) is 87.2 Å². The van der Waals surface area contributed by atoms with E-state index in [9.17, 15) is 9.90 Å². The van der Waals surface area contributed by atoms with Crippen molar-refractivity contribution >= 4 is 34.2 Å². The Kier molecular flexibility index (Phi) is 7.75. The van der Waals surface area contributed by atoms with Gasteiger partial charge in [0.1, 0.15) is 12.4 Å². The number of hydrogen-bond acceptors (Lipinski definition) is 7. The van der Waals surface area contributed by atoms with Crippen molar-refractivity contribution in [3.05, 3.63) is 52.2 Å². The maximum Gasteiger partial charge on any atom is 0.337 e. The van der Waals surface area contributed by atoms with Crippen molar-refractivity contribution in [3.8, 4) is 16.9 Å². The van der Waals surface area contributed by atoms with Gasteiger partial charge in [-0.1, -0.05) is 23.7 Å². The Morgan fingerprint density at radius 3 is 2.64 bits per heavy atom. The van der Waals surface area contributed by atoms with Crippen LogP contribution in [0.5, 0.6) is 5.75 Å². The average Bonchev–Trinajstić information content (AvgIpc) is 2.88. The molecule has 0 spiro atoms. The van der Waals surface area contributed by atoms with Crippen LogP contribution in [0.4, 0.5) is 5.69 Å². The summed E-state index contributed by atoms with van der Waals surface area (Å²) in [5.74, 6) is -0.389. The molecule has 0 aliphatic carbocycles. The number of nitrogens with one attached hydrogen (secondary N) is 1. The SMILES string of the molecule is Cc1nc2cc(CN3CCN(C)CC3)ccc2c(-c2ccc3c(c2Cl)NCCO3)c1[C@H](OC(C)(C)C)C(=O)O. The van der Waals surface area contributed by atoms with E-state index < -0.39 is 17.7 Å². The van der Waals surface area contributed by atoms with Gasteiger partial charge < -0.3 is 24.8 Å². The molecule has 3 aromatic rings. The number of rotatable bonds is 6. The minimum atomic E-state index is -1.22. The summed E-state index contributed by atoms with van der Waals surface area (Å²) in [4.78, 5) is 22.4. The summed E-state index contributed by atoms with van der Waals surface area (Å²) >= 11 is 7.01. The molecule has 1 fully saturated rings. The molecule has 9 heteroatoms. The average molecular weight is 553 g/mol. The van der Waals surface area contributed by atoms with Crippen LogP contribution < -0.4 is 10.1 Å². The molecule has 1 saturated heterocycles. The first-order chi connectivity index (χ1) is 18.5. The van der Waals surface area contributed by atoms with Gasteiger partial charge in [0.05, 0.1) is 21.8 Å². The molecule has 2 N–H and O–H groups in total. The minimum Gasteiger partial charge on any atom is -0.490 e. The third kappa shape index (κ3) is 5.84. The fourth-order valence-corrected chi connectivity index (χ4v) is 5.70. The zero-order valence-corrected chi connectivity index (χ0v) is 24.1. The Morgan fingerprint density at radius 1 is 1.21 bits per heavy atom. The van der Waals surface area contributed by atoms with Crippen LogP contribution in [0.1, 0.15) is 43.7 Å². The summed E-state index contributed by atoms with van der Waals surface area (Å²) in [6.45, 7) is 13.6. The zero-order chi connectivity index (χ0) is 27.9. The third-order valence-corrected chi connectivity index (χ3v) is 7.67. The van der Waals surface area contributed by atoms with E-state index in [2.05, 4.69) is 34.3 Å². The summed E-state index contributed by atoms with van der Waals surface area (Å²) in [5.41, 5.74) is 4.54. The molecule has 0 unspecified atom stereocenters. The normalized spacial score (nSPS) is 17.4. The predicted molar refractivity (Wildman–Crippen MR) is 155 cm³/mol. The van der Waals surface area contributed by atoms with Gasteiger partial charge in [-0.15, -0.1) is 0 Å². The summed E-state index contributed by atoms with van der Waals surface area (Å²) in [6, 6.07) is 10.1. The number of carboxylic acid groups (broad SMARTS) is 1. The second kappa shape index (κ2) is 10.9. The summed E-state index contributed by atoms with van der Waals surface area (Å²) in [7, 11) is 2.15. The molecule has 0 saturated carbocycles. The first-order valence-electron chi connectivity index (χ1n) is 13.5. The van der Waals surface area contributed by atoms with Crippen molar-refractivity contribution in [2.45, 2.75) is 45.9 Å². The Labute approximate surface area is 234 Å². The molecule has 1 atom stereocenters. The van der Waals surface area contributed by atoms with E-state index in [4.69, 9.17) is 26.1 Å². The van der Waals surface area contributed by atoms with Crippen LogP contribution in [-0.2, 0) is 16.1 Å². The van der Waals surface area contributed by atoms with Crippen molar-refractivity contribution in [2.75, 3.05) is 51.7 Å². The van der Waals surface area contributed by atoms with Gasteiger partial charge in [-0.25, -0.2) is 4.79 Å². The van der Waals surface area contributed by atoms with E-state index in [0.29, 0.717) is 40.9 Å². The van der Waals surface area contributed by atoms with Gasteiger partial charge in [0, 0.05) is 67.0 Å². The van der Waals surface area contributed by atoms with Crippen LogP contribution in [0.15, 0.2) is 30.3 Å². The van der Waals surface area contributed by atoms with E-state index in [1.54, 1.807) is 0 Å². The van der Waals surface area contributed by atoms with Gasteiger partial charge in [0.2, 0.25) is 0 Å². The van der Waals surface area contributed by atoms with Crippen LogP contribution in [0.3, 0.4) is 0 Å². The fraction of sp³-hybridized carbons (Fsp3) is 0.467. The fourth-order valence-electron chi connectivity index (χ4n) is 5.38. The number of pyridine rings is 1. The number of hydrogen-bond donors (Lipinski definition) is 2. The highest BCUT2D eigenvalue weighted by molar-refractivity contribution is 6.37. The number of aryl methyl sites for hydroxylation is 1. The number of nitrogens with zero attached hydrogens (tertiary/aromatic N) is 3. The highest BCUT2D eigenvalue weighted by atomic mass is 35.5. The van der Waals surface area contributed by atoms with Gasteiger partial charge in [0.25, 0.3) is 0 Å². The van der Waals surface area contributed by atoms with Gasteiger partial charge in [0.15, 0.2) is 6.10 Å². The number of benzene rings is 2. The number of piperazine rings is 1.